The topological polar surface area (TPSA) is 177 Å². The van der Waals surface area contributed by atoms with Crippen molar-refractivity contribution >= 4 is 22.6 Å². The first-order valence-corrected chi connectivity index (χ1v) is 33.2. The molecule has 6 saturated carbocycles. The van der Waals surface area contributed by atoms with Gasteiger partial charge in [-0.25, -0.2) is 0 Å². The van der Waals surface area contributed by atoms with Gasteiger partial charge in [0.1, 0.15) is 11.9 Å². The van der Waals surface area contributed by atoms with E-state index in [2.05, 4.69) is 124 Å². The van der Waals surface area contributed by atoms with E-state index in [1.54, 1.807) is 0 Å². The van der Waals surface area contributed by atoms with E-state index in [1.807, 2.05) is 0 Å². The number of allylic oxidation sites excluding steroid dienone is 1. The van der Waals surface area contributed by atoms with Crippen molar-refractivity contribution in [3.63, 3.8) is 0 Å². The van der Waals surface area contributed by atoms with Gasteiger partial charge in [0.05, 0.1) is 40.4 Å². The van der Waals surface area contributed by atoms with Crippen molar-refractivity contribution in [2.24, 2.45) is 56.2 Å². The van der Waals surface area contributed by atoms with Crippen molar-refractivity contribution in [1.82, 2.24) is 25.2 Å². The Kier molecular flexibility index (Phi) is 12.8. The van der Waals surface area contributed by atoms with Crippen molar-refractivity contribution in [2.75, 3.05) is 33.9 Å². The number of aromatic amines is 2. The van der Waals surface area contributed by atoms with Crippen molar-refractivity contribution in [3.8, 4) is 0 Å². The molecule has 2 saturated heterocycles. The summed E-state index contributed by atoms with van der Waals surface area (Å²) in [6, 6.07) is 9.61. The molecule has 448 valence electrons. The molecule has 0 unspecified atom stereocenters. The molecule has 8 aliphatic carbocycles. The van der Waals surface area contributed by atoms with Gasteiger partial charge in [-0.05, 0) is 214 Å². The van der Waals surface area contributed by atoms with Gasteiger partial charge in [-0.3, -0.25) is 9.59 Å². The molecule has 6 heterocycles. The smallest absolute Gasteiger partial charge is 0.160 e. The number of aromatic nitrogens is 3. The number of Topliss-reactive ketones (excluding diaryl/α,β-unsaturated/α-hetero) is 2. The monoisotopic (exact) mass is 1130 g/mol. The van der Waals surface area contributed by atoms with Crippen LogP contribution in [0.2, 0.25) is 0 Å². The second-order valence-corrected chi connectivity index (χ2v) is 31.4. The summed E-state index contributed by atoms with van der Waals surface area (Å²) in [5, 5.41) is 46.8. The number of hydrogen-bond acceptors (Lipinski definition) is 9. The van der Waals surface area contributed by atoms with Crippen LogP contribution in [0.3, 0.4) is 0 Å². The molecule has 83 heavy (non-hydrogen) atoms. The predicted molar refractivity (Wildman–Crippen MR) is 322 cm³/mol. The number of fused-ring (bicyclic) bond motifs is 9. The summed E-state index contributed by atoms with van der Waals surface area (Å²) in [6.07, 6.45) is 22.2. The van der Waals surface area contributed by atoms with Gasteiger partial charge in [-0.2, -0.15) is 0 Å². The number of epoxide rings is 1. The maximum Gasteiger partial charge on any atom is 0.160 e. The van der Waals surface area contributed by atoms with Crippen LogP contribution >= 0.6 is 0 Å². The third kappa shape index (κ3) is 7.66. The fourth-order valence-corrected chi connectivity index (χ4v) is 23.4. The van der Waals surface area contributed by atoms with E-state index in [1.165, 1.54) is 58.3 Å². The number of aliphatic hydroxyl groups excluding tert-OH is 2. The van der Waals surface area contributed by atoms with Crippen LogP contribution < -0.4 is 10.6 Å². The number of aliphatic hydroxyl groups is 3. The number of benzene rings is 1. The Labute approximate surface area is 492 Å². The summed E-state index contributed by atoms with van der Waals surface area (Å²) in [7, 11) is 4.16. The number of ether oxygens (including phenoxy) is 2. The maximum atomic E-state index is 16.4. The standard InChI is InChI=1S/C71H97N5O7/c1-64(2)63(83-64)52(78)34-65(3)20-15-43-37-75-58-45(29-40-28-44(48-14-10-9-12-42(48)36-72-7)31-46(30-40)71(81)23-26-82-27-24-71)38-76(59(43)58)39-50-54-56(65)51(77)35-67(54,5)66(4)21-17-53-68(6,61(66)60(50)79)70-22-16-41(32-70)57-49(18-25-74-57)55(70)62(80)69(53)19-11-13-47(33-69)73-8/h18,25,28,30-31,37-38,41-42,47-48,50,52-53,55,60-61,63,72-75,78-79,81H,9-17,19-24,26-27,29,32-36,39H2,1-8H3/t41-,42-,47-,48+,50-,52-,53-,55+,60-,61+,63-,65+,66+,67+,68-,69+,70-/m1/s1. The predicted octanol–water partition coefficient (Wildman–Crippen LogP) is 11.3. The summed E-state index contributed by atoms with van der Waals surface area (Å²) < 4.78 is 14.5. The Bertz CT molecular complexity index is 3300. The highest BCUT2D eigenvalue weighted by molar-refractivity contribution is 6.02. The van der Waals surface area contributed by atoms with Gasteiger partial charge in [0, 0.05) is 98.1 Å². The van der Waals surface area contributed by atoms with Crippen LogP contribution in [-0.4, -0.2) is 105 Å². The molecule has 4 aromatic rings. The molecule has 7 N–H and O–H groups in total. The van der Waals surface area contributed by atoms with E-state index in [0.29, 0.717) is 88.2 Å². The molecule has 0 amide bonds. The summed E-state index contributed by atoms with van der Waals surface area (Å²) in [6.45, 7) is 16.5. The number of rotatable bonds is 10. The molecule has 3 aliphatic heterocycles. The third-order valence-corrected chi connectivity index (χ3v) is 27.3. The molecule has 15 rings (SSSR count). The van der Waals surface area contributed by atoms with Crippen LogP contribution in [-0.2, 0) is 44.1 Å². The van der Waals surface area contributed by atoms with Crippen molar-refractivity contribution in [2.45, 2.75) is 230 Å². The minimum atomic E-state index is -0.956. The van der Waals surface area contributed by atoms with Crippen LogP contribution in [0.25, 0.3) is 11.0 Å². The van der Waals surface area contributed by atoms with Crippen LogP contribution in [0.5, 0.6) is 0 Å². The number of nitrogens with one attached hydrogen (secondary N) is 4. The average molecular weight is 1130 g/mol. The average Bonchev–Trinajstić information content (AvgIpc) is 1.87. The number of hydrogen-bond donors (Lipinski definition) is 7. The second-order valence-electron chi connectivity index (χ2n) is 31.4. The van der Waals surface area contributed by atoms with E-state index >= 15 is 9.59 Å². The van der Waals surface area contributed by atoms with Crippen molar-refractivity contribution in [1.29, 1.82) is 0 Å². The lowest BCUT2D eigenvalue weighted by molar-refractivity contribution is -0.271. The molecule has 12 heteroatoms. The van der Waals surface area contributed by atoms with E-state index < -0.39 is 56.4 Å². The number of H-pyrrole nitrogens is 2. The first kappa shape index (κ1) is 55.7. The lowest BCUT2D eigenvalue weighted by Crippen LogP contribution is -2.75. The third-order valence-electron chi connectivity index (χ3n) is 27.3. The maximum absolute atomic E-state index is 16.4. The second kappa shape index (κ2) is 19.1. The summed E-state index contributed by atoms with van der Waals surface area (Å²) >= 11 is 0. The fourth-order valence-electron chi connectivity index (χ4n) is 23.4. The number of carbonyl (C=O) groups is 2. The van der Waals surface area contributed by atoms with Gasteiger partial charge in [0.25, 0.3) is 0 Å². The highest BCUT2D eigenvalue weighted by Gasteiger charge is 2.81. The van der Waals surface area contributed by atoms with Gasteiger partial charge in [-0.15, -0.1) is 0 Å². The van der Waals surface area contributed by atoms with E-state index in [9.17, 15) is 15.3 Å². The van der Waals surface area contributed by atoms with Crippen LogP contribution in [0.4, 0.5) is 0 Å². The number of ketones is 2. The summed E-state index contributed by atoms with van der Waals surface area (Å²) in [5.74, 6) is 1.21. The lowest BCUT2D eigenvalue weighted by atomic mass is 9.27. The molecule has 1 aromatic carbocycles. The van der Waals surface area contributed by atoms with Crippen molar-refractivity contribution in [3.05, 3.63) is 93.1 Å². The molecule has 8 fully saturated rings. The summed E-state index contributed by atoms with van der Waals surface area (Å²) in [5.41, 5.74) is 8.31. The lowest BCUT2D eigenvalue weighted by Gasteiger charge is -2.76. The fraction of sp³-hybridized carbons (Fsp3) is 0.718. The zero-order chi connectivity index (χ0) is 57.6. The highest BCUT2D eigenvalue weighted by Crippen LogP contribution is 2.84. The number of carbonyl (C=O) groups excluding carboxylic acids is 2. The van der Waals surface area contributed by atoms with Gasteiger partial charge in [0.15, 0.2) is 5.78 Å². The molecule has 17 atom stereocenters. The van der Waals surface area contributed by atoms with E-state index in [-0.39, 0.29) is 41.1 Å². The zero-order valence-corrected chi connectivity index (χ0v) is 51.3. The molecular weight excluding hydrogens is 1030 g/mol. The first-order valence-electron chi connectivity index (χ1n) is 33.2. The van der Waals surface area contributed by atoms with E-state index in [0.717, 1.165) is 93.0 Å². The number of nitrogens with zero attached hydrogens (tertiary/aromatic N) is 1. The minimum Gasteiger partial charge on any atom is -0.392 e. The zero-order valence-electron chi connectivity index (χ0n) is 51.3. The Balaban J connectivity index is 0.907. The van der Waals surface area contributed by atoms with Gasteiger partial charge in [0.2, 0.25) is 0 Å². The van der Waals surface area contributed by atoms with E-state index in [4.69, 9.17) is 9.47 Å². The highest BCUT2D eigenvalue weighted by atomic mass is 16.6. The Morgan fingerprint density at radius 2 is 1.67 bits per heavy atom. The minimum absolute atomic E-state index is 0.0950. The Morgan fingerprint density at radius 3 is 2.45 bits per heavy atom. The molecule has 11 aliphatic rings. The quantitative estimate of drug-likeness (QED) is 0.0762. The SMILES string of the molecule is CNC[C@H]1CCCC[C@@H]1c1cc(Cc2cn3c4c(c[nH]c24)CC[C@@](C)(C[C@@H](O)[C@H]2OC2(C)C)C2=C4[C@@H](C3)[C@@H](O)[C@@H]3[C@@]5(C)[C@@H](CC[C@]3(C)[C@@]4(C)CC2=O)[C@@]2(CCC[C@@H](NC)C2)C(=O)[C@@H]2c3cc[nH]c3[C@@H]3CC[C@@]25C3)cc(C2(O)CCOCC2)c1. The number of aryl methyl sites for hydroxylation is 1. The molecular formula is C71H97N5O7. The molecule has 3 aromatic heterocycles. The molecule has 12 nitrogen and oxygen atoms in total. The first-order chi connectivity index (χ1) is 39.7. The molecule has 2 spiro atoms. The van der Waals surface area contributed by atoms with Crippen molar-refractivity contribution < 1.29 is 34.4 Å². The molecule has 0 radical (unpaired) electrons. The Morgan fingerprint density at radius 1 is 0.880 bits per heavy atom. The summed E-state index contributed by atoms with van der Waals surface area (Å²) in [4.78, 5) is 40.0. The van der Waals surface area contributed by atoms with Gasteiger partial charge >= 0.3 is 0 Å². The Hall–Kier alpha value is -3.88. The van der Waals surface area contributed by atoms with Crippen LogP contribution in [0.1, 0.15) is 214 Å². The molecule has 2 bridgehead atoms. The van der Waals surface area contributed by atoms with Gasteiger partial charge < -0.3 is 50.0 Å². The van der Waals surface area contributed by atoms with Crippen LogP contribution in [0.15, 0.2) is 54.0 Å². The van der Waals surface area contributed by atoms with Crippen LogP contribution in [0, 0.1) is 56.2 Å². The van der Waals surface area contributed by atoms with Gasteiger partial charge in [-0.1, -0.05) is 65.2 Å². The normalized spacial score (nSPS) is 42.4. The largest absolute Gasteiger partial charge is 0.392 e.